The molecule has 2 aromatic rings. The first kappa shape index (κ1) is 11.2. The first-order valence-corrected chi connectivity index (χ1v) is 5.72. The van der Waals surface area contributed by atoms with Crippen molar-refractivity contribution in [1.82, 2.24) is 9.97 Å². The van der Waals surface area contributed by atoms with E-state index in [1.807, 2.05) is 0 Å². The maximum Gasteiger partial charge on any atom is 0.261 e. The fraction of sp³-hybridized carbons (Fsp3) is 0.125. The van der Waals surface area contributed by atoms with E-state index in [9.17, 15) is 4.21 Å². The lowest BCUT2D eigenvalue weighted by atomic mass is 10.3. The molecule has 8 heteroatoms. The highest BCUT2D eigenvalue weighted by Gasteiger charge is 2.13. The predicted molar refractivity (Wildman–Crippen MR) is 64.7 cm³/mol. The molecular formula is C8H9ClN4O2S. The van der Waals surface area contributed by atoms with Gasteiger partial charge in [0.15, 0.2) is 5.95 Å². The molecule has 2 rings (SSSR count). The molecule has 6 nitrogen and oxygen atoms in total. The van der Waals surface area contributed by atoms with Crippen LogP contribution < -0.4 is 10.0 Å². The molecule has 1 heterocycles. The molecule has 0 fully saturated rings. The van der Waals surface area contributed by atoms with Gasteiger partial charge in [-0.1, -0.05) is 11.6 Å². The van der Waals surface area contributed by atoms with Crippen molar-refractivity contribution in [2.45, 2.75) is 0 Å². The summed E-state index contributed by atoms with van der Waals surface area (Å²) >= 11 is 3.85. The second-order valence-corrected chi connectivity index (χ2v) is 4.59. The van der Waals surface area contributed by atoms with Crippen LogP contribution >= 0.6 is 11.6 Å². The van der Waals surface area contributed by atoms with Crippen LogP contribution in [0.1, 0.15) is 0 Å². The Morgan fingerprint density at radius 3 is 2.94 bits per heavy atom. The van der Waals surface area contributed by atoms with E-state index in [4.69, 9.17) is 21.9 Å². The van der Waals surface area contributed by atoms with Crippen molar-refractivity contribution in [3.05, 3.63) is 17.2 Å². The lowest BCUT2D eigenvalue weighted by molar-refractivity contribution is 0.562. The van der Waals surface area contributed by atoms with E-state index >= 15 is 0 Å². The van der Waals surface area contributed by atoms with Crippen molar-refractivity contribution in [2.24, 2.45) is 0 Å². The van der Waals surface area contributed by atoms with Gasteiger partial charge in [-0.3, -0.25) is 8.86 Å². The van der Waals surface area contributed by atoms with Crippen LogP contribution in [0, 0.1) is 0 Å². The Hall–Kier alpha value is -1.31. The molecule has 86 valence electrons. The second kappa shape index (κ2) is 3.93. The van der Waals surface area contributed by atoms with Gasteiger partial charge in [0.1, 0.15) is 0 Å². The summed E-state index contributed by atoms with van der Waals surface area (Å²) in [7, 11) is 1.46. The first-order valence-electron chi connectivity index (χ1n) is 4.28. The van der Waals surface area contributed by atoms with E-state index in [0.29, 0.717) is 21.7 Å². The molecule has 0 aliphatic rings. The van der Waals surface area contributed by atoms with Gasteiger partial charge < -0.3 is 10.7 Å². The number of nitrogens with zero attached hydrogens (tertiary/aromatic N) is 2. The summed E-state index contributed by atoms with van der Waals surface area (Å²) in [5, 5.41) is 0.348. The Bertz CT molecular complexity index is 570. The molecule has 0 bridgehead atoms. The van der Waals surface area contributed by atoms with Gasteiger partial charge in [0, 0.05) is 7.05 Å². The Morgan fingerprint density at radius 1 is 1.62 bits per heavy atom. The number of rotatable bonds is 2. The number of nitrogens with one attached hydrogen (secondary N) is 1. The topological polar surface area (TPSA) is 95.2 Å². The van der Waals surface area contributed by atoms with E-state index < -0.39 is 11.3 Å². The molecule has 4 N–H and O–H groups in total. The number of halogens is 1. The minimum atomic E-state index is -2.13. The average molecular weight is 261 g/mol. The molecule has 0 saturated carbocycles. The number of nitrogens with two attached hydrogens (primary N) is 1. The largest absolute Gasteiger partial charge is 0.369 e. The molecule has 0 aliphatic carbocycles. The molecule has 1 aromatic heterocycles. The van der Waals surface area contributed by atoms with Gasteiger partial charge in [-0.25, -0.2) is 9.19 Å². The molecule has 0 amide bonds. The highest BCUT2D eigenvalue weighted by Crippen LogP contribution is 2.30. The van der Waals surface area contributed by atoms with Crippen LogP contribution in [0.2, 0.25) is 5.02 Å². The van der Waals surface area contributed by atoms with Gasteiger partial charge in [-0.15, -0.1) is 0 Å². The second-order valence-electron chi connectivity index (χ2n) is 3.17. The molecular weight excluding hydrogens is 252 g/mol. The number of H-pyrrole nitrogens is 1. The van der Waals surface area contributed by atoms with Gasteiger partial charge in [0.05, 0.1) is 21.7 Å². The molecule has 0 radical (unpaired) electrons. The third-order valence-corrected chi connectivity index (χ3v) is 3.11. The summed E-state index contributed by atoms with van der Waals surface area (Å²) in [4.78, 5) is 6.83. The molecule has 16 heavy (non-hydrogen) atoms. The van der Waals surface area contributed by atoms with Crippen molar-refractivity contribution >= 4 is 45.5 Å². The number of hydrogen-bond donors (Lipinski definition) is 3. The van der Waals surface area contributed by atoms with Gasteiger partial charge in [-0.2, -0.15) is 0 Å². The Balaban J connectivity index is 2.61. The van der Waals surface area contributed by atoms with Crippen molar-refractivity contribution in [3.63, 3.8) is 0 Å². The standard InChI is InChI=1S/C8H9ClN4O2S/c1-13(16(14)15)7-3-6-5(2-4(7)9)11-8(10)12-6/h2-3H,1H3,(H,14,15)(H3,10,11,12). The summed E-state index contributed by atoms with van der Waals surface area (Å²) < 4.78 is 21.0. The SMILES string of the molecule is CN(c1cc2nc(N)[nH]c2cc1Cl)S(=O)O. The summed E-state index contributed by atoms with van der Waals surface area (Å²) in [6, 6.07) is 3.21. The summed E-state index contributed by atoms with van der Waals surface area (Å²) in [5.41, 5.74) is 7.19. The maximum absolute atomic E-state index is 10.9. The minimum Gasteiger partial charge on any atom is -0.369 e. The third-order valence-electron chi connectivity index (χ3n) is 2.14. The van der Waals surface area contributed by atoms with Crippen molar-refractivity contribution < 1.29 is 8.76 Å². The van der Waals surface area contributed by atoms with E-state index in [0.717, 1.165) is 4.31 Å². The smallest absolute Gasteiger partial charge is 0.261 e. The van der Waals surface area contributed by atoms with Crippen molar-refractivity contribution in [2.75, 3.05) is 17.1 Å². The van der Waals surface area contributed by atoms with E-state index in [-0.39, 0.29) is 5.95 Å². The van der Waals surface area contributed by atoms with Crippen LogP contribution in [-0.4, -0.2) is 25.8 Å². The zero-order valence-corrected chi connectivity index (χ0v) is 9.84. The Morgan fingerprint density at radius 2 is 2.31 bits per heavy atom. The fourth-order valence-electron chi connectivity index (χ4n) is 1.36. The first-order chi connectivity index (χ1) is 7.49. The fourth-order valence-corrected chi connectivity index (χ4v) is 2.02. The van der Waals surface area contributed by atoms with E-state index in [1.165, 1.54) is 7.05 Å². The van der Waals surface area contributed by atoms with Gasteiger partial charge in [0.2, 0.25) is 0 Å². The molecule has 1 unspecified atom stereocenters. The lowest BCUT2D eigenvalue weighted by Gasteiger charge is -2.14. The predicted octanol–water partition coefficient (Wildman–Crippen LogP) is 1.37. The number of aromatic nitrogens is 2. The number of imidazole rings is 1. The van der Waals surface area contributed by atoms with Gasteiger partial charge in [-0.05, 0) is 12.1 Å². The molecule has 0 saturated heterocycles. The number of nitrogen functional groups attached to an aromatic ring is 1. The number of hydrogen-bond acceptors (Lipinski definition) is 3. The molecule has 0 spiro atoms. The highest BCUT2D eigenvalue weighted by atomic mass is 35.5. The zero-order chi connectivity index (χ0) is 11.9. The third kappa shape index (κ3) is 1.84. The maximum atomic E-state index is 10.9. The number of aromatic amines is 1. The highest BCUT2D eigenvalue weighted by molar-refractivity contribution is 7.80. The minimum absolute atomic E-state index is 0.274. The van der Waals surface area contributed by atoms with Gasteiger partial charge in [0.25, 0.3) is 11.3 Å². The molecule has 1 aromatic carbocycles. The molecule has 0 aliphatic heterocycles. The number of anilines is 2. The van der Waals surface area contributed by atoms with E-state index in [2.05, 4.69) is 9.97 Å². The summed E-state index contributed by atoms with van der Waals surface area (Å²) in [6.07, 6.45) is 0. The molecule has 1 atom stereocenters. The lowest BCUT2D eigenvalue weighted by Crippen LogP contribution is -2.19. The van der Waals surface area contributed by atoms with E-state index in [1.54, 1.807) is 12.1 Å². The normalized spacial score (nSPS) is 12.9. The van der Waals surface area contributed by atoms with Crippen LogP contribution in [0.25, 0.3) is 11.0 Å². The van der Waals surface area contributed by atoms with Crippen molar-refractivity contribution in [1.29, 1.82) is 0 Å². The Kier molecular flexibility index (Phi) is 2.75. The van der Waals surface area contributed by atoms with Crippen LogP contribution in [0.3, 0.4) is 0 Å². The van der Waals surface area contributed by atoms with Crippen LogP contribution in [-0.2, 0) is 11.3 Å². The van der Waals surface area contributed by atoms with Crippen LogP contribution in [0.15, 0.2) is 12.1 Å². The number of benzene rings is 1. The van der Waals surface area contributed by atoms with Crippen LogP contribution in [0.4, 0.5) is 11.6 Å². The Labute approximate surface area is 98.8 Å². The zero-order valence-electron chi connectivity index (χ0n) is 8.27. The van der Waals surface area contributed by atoms with Crippen LogP contribution in [0.5, 0.6) is 0 Å². The van der Waals surface area contributed by atoms with Crippen molar-refractivity contribution in [3.8, 4) is 0 Å². The number of fused-ring (bicyclic) bond motifs is 1. The quantitative estimate of drug-likeness (QED) is 0.711. The monoisotopic (exact) mass is 260 g/mol. The summed E-state index contributed by atoms with van der Waals surface area (Å²) in [5.74, 6) is 0.274. The average Bonchev–Trinajstić information content (AvgIpc) is 2.54. The van der Waals surface area contributed by atoms with Gasteiger partial charge >= 0.3 is 0 Å². The summed E-state index contributed by atoms with van der Waals surface area (Å²) in [6.45, 7) is 0.